The number of likely N-dealkylation sites (tertiary alicyclic amines) is 1. The number of nitrogens with zero attached hydrogens (tertiary/aromatic N) is 1. The molecule has 0 unspecified atom stereocenters. The van der Waals surface area contributed by atoms with E-state index < -0.39 is 23.0 Å². The quantitative estimate of drug-likeness (QED) is 0.606. The predicted octanol–water partition coefficient (Wildman–Crippen LogP) is 3.66. The Morgan fingerprint density at radius 1 is 1.18 bits per heavy atom. The summed E-state index contributed by atoms with van der Waals surface area (Å²) in [6, 6.07) is 2.42. The van der Waals surface area contributed by atoms with E-state index in [-0.39, 0.29) is 29.8 Å². The van der Waals surface area contributed by atoms with Gasteiger partial charge < -0.3 is 10.2 Å². The molecule has 0 aliphatic carbocycles. The van der Waals surface area contributed by atoms with Crippen LogP contribution in [0.15, 0.2) is 30.9 Å². The van der Waals surface area contributed by atoms with Crippen molar-refractivity contribution in [2.45, 2.75) is 38.3 Å². The summed E-state index contributed by atoms with van der Waals surface area (Å²) in [6.45, 7) is 7.69. The zero-order valence-electron chi connectivity index (χ0n) is 15.9. The summed E-state index contributed by atoms with van der Waals surface area (Å²) in [7, 11) is 0. The fourth-order valence-electron chi connectivity index (χ4n) is 3.19. The number of rotatable bonds is 5. The summed E-state index contributed by atoms with van der Waals surface area (Å²) in [5.41, 5.74) is -1.79. The maximum absolute atomic E-state index is 13.7. The topological polar surface area (TPSA) is 49.4 Å². The zero-order valence-corrected chi connectivity index (χ0v) is 15.9. The van der Waals surface area contributed by atoms with Gasteiger partial charge in [0.2, 0.25) is 11.8 Å². The van der Waals surface area contributed by atoms with Gasteiger partial charge in [-0.25, -0.2) is 4.39 Å². The molecule has 1 N–H and O–H groups in total. The molecule has 1 aliphatic rings. The lowest BCUT2D eigenvalue weighted by Crippen LogP contribution is -2.45. The molecular weight excluding hydrogens is 376 g/mol. The Labute approximate surface area is 161 Å². The summed E-state index contributed by atoms with van der Waals surface area (Å²) in [5, 5.41) is 2.76. The van der Waals surface area contributed by atoms with Crippen LogP contribution < -0.4 is 5.32 Å². The lowest BCUT2D eigenvalue weighted by Gasteiger charge is -2.32. The molecule has 8 heteroatoms. The van der Waals surface area contributed by atoms with E-state index in [1.54, 1.807) is 18.7 Å². The van der Waals surface area contributed by atoms with E-state index >= 15 is 0 Å². The highest BCUT2D eigenvalue weighted by molar-refractivity contribution is 5.87. The van der Waals surface area contributed by atoms with E-state index in [4.69, 9.17) is 0 Å². The van der Waals surface area contributed by atoms with Gasteiger partial charge >= 0.3 is 6.18 Å². The minimum atomic E-state index is -4.65. The van der Waals surface area contributed by atoms with Crippen LogP contribution in [0.2, 0.25) is 0 Å². The van der Waals surface area contributed by atoms with E-state index in [2.05, 4.69) is 11.9 Å². The fraction of sp³-hybridized carbons (Fsp3) is 0.500. The first-order valence-electron chi connectivity index (χ1n) is 9.01. The smallest absolute Gasteiger partial charge is 0.355 e. The number of piperidine rings is 1. The fourth-order valence-corrected chi connectivity index (χ4v) is 3.19. The third kappa shape index (κ3) is 5.33. The third-order valence-corrected chi connectivity index (χ3v) is 5.06. The van der Waals surface area contributed by atoms with Gasteiger partial charge in [0.1, 0.15) is 5.82 Å². The average Bonchev–Trinajstić information content (AvgIpc) is 2.64. The molecule has 1 fully saturated rings. The molecule has 0 saturated carbocycles. The van der Waals surface area contributed by atoms with Crippen molar-refractivity contribution in [3.8, 4) is 0 Å². The van der Waals surface area contributed by atoms with Crippen molar-refractivity contribution in [1.82, 2.24) is 10.2 Å². The highest BCUT2D eigenvalue weighted by Gasteiger charge is 2.34. The number of benzene rings is 1. The molecule has 4 nitrogen and oxygen atoms in total. The minimum Gasteiger partial charge on any atom is -0.355 e. The van der Waals surface area contributed by atoms with Crippen LogP contribution in [0, 0.1) is 11.7 Å². The average molecular weight is 400 g/mol. The molecule has 1 aromatic rings. The summed E-state index contributed by atoms with van der Waals surface area (Å²) in [5.74, 6) is -1.64. The van der Waals surface area contributed by atoms with E-state index in [9.17, 15) is 27.2 Å². The molecule has 2 amide bonds. The molecule has 0 bridgehead atoms. The molecule has 0 aromatic heterocycles. The van der Waals surface area contributed by atoms with Gasteiger partial charge in [0.25, 0.3) is 0 Å². The van der Waals surface area contributed by atoms with Crippen LogP contribution in [0.4, 0.5) is 17.6 Å². The first-order valence-corrected chi connectivity index (χ1v) is 9.01. The van der Waals surface area contributed by atoms with Crippen molar-refractivity contribution in [3.05, 3.63) is 47.8 Å². The Morgan fingerprint density at radius 2 is 1.75 bits per heavy atom. The van der Waals surface area contributed by atoms with Crippen molar-refractivity contribution in [2.75, 3.05) is 19.6 Å². The zero-order chi connectivity index (χ0) is 21.1. The summed E-state index contributed by atoms with van der Waals surface area (Å²) in [4.78, 5) is 25.6. The maximum atomic E-state index is 13.7. The van der Waals surface area contributed by atoms with Crippen molar-refractivity contribution in [1.29, 1.82) is 0 Å². The van der Waals surface area contributed by atoms with E-state index in [0.29, 0.717) is 32.0 Å². The number of carbonyl (C=O) groups is 2. The molecule has 1 saturated heterocycles. The number of nitrogens with one attached hydrogen (secondary N) is 1. The van der Waals surface area contributed by atoms with Gasteiger partial charge in [-0.15, -0.1) is 0 Å². The van der Waals surface area contributed by atoms with Crippen LogP contribution in [0.3, 0.4) is 0 Å². The van der Waals surface area contributed by atoms with Crippen LogP contribution in [0.25, 0.3) is 0 Å². The lowest BCUT2D eigenvalue weighted by molar-refractivity contribution is -0.138. The number of alkyl halides is 3. The van der Waals surface area contributed by atoms with Crippen molar-refractivity contribution >= 4 is 11.8 Å². The molecule has 0 atom stereocenters. The highest BCUT2D eigenvalue weighted by atomic mass is 19.4. The Bertz CT molecular complexity index is 751. The summed E-state index contributed by atoms with van der Waals surface area (Å²) in [6.07, 6.45) is -2.40. The molecule has 0 spiro atoms. The monoisotopic (exact) mass is 400 g/mol. The van der Waals surface area contributed by atoms with Crippen LogP contribution in [0.5, 0.6) is 0 Å². The number of hydrogen-bond acceptors (Lipinski definition) is 2. The molecule has 1 aromatic carbocycles. The van der Waals surface area contributed by atoms with E-state index in [1.165, 1.54) is 6.08 Å². The predicted molar refractivity (Wildman–Crippen MR) is 96.9 cm³/mol. The summed E-state index contributed by atoms with van der Waals surface area (Å²) < 4.78 is 52.5. The van der Waals surface area contributed by atoms with Gasteiger partial charge in [-0.1, -0.05) is 20.4 Å². The van der Waals surface area contributed by atoms with Gasteiger partial charge in [-0.05, 0) is 42.7 Å². The highest BCUT2D eigenvalue weighted by Crippen LogP contribution is 2.33. The van der Waals surface area contributed by atoms with Gasteiger partial charge in [0, 0.05) is 31.0 Å². The molecule has 154 valence electrons. The third-order valence-electron chi connectivity index (χ3n) is 5.06. The van der Waals surface area contributed by atoms with Gasteiger partial charge in [0.15, 0.2) is 0 Å². The van der Waals surface area contributed by atoms with Crippen molar-refractivity contribution in [2.24, 2.45) is 5.92 Å². The van der Waals surface area contributed by atoms with Gasteiger partial charge in [-0.3, -0.25) is 9.59 Å². The maximum Gasteiger partial charge on any atom is 0.416 e. The number of amides is 2. The van der Waals surface area contributed by atoms with Crippen LogP contribution in [-0.4, -0.2) is 36.3 Å². The van der Waals surface area contributed by atoms with Crippen LogP contribution in [0.1, 0.15) is 37.8 Å². The van der Waals surface area contributed by atoms with Crippen LogP contribution in [-0.2, 0) is 21.2 Å². The number of halogens is 4. The second kappa shape index (κ2) is 8.32. The first kappa shape index (κ1) is 21.9. The standard InChI is InChI=1S/C20H24F4N2O2/c1-4-17(27)26-7-5-13(6-8-26)18(28)25-12-19(2,3)14-9-15(20(22,23)24)11-16(21)10-14/h4,9-11,13H,1,5-8,12H2,2-3H3,(H,25,28). The van der Waals surface area contributed by atoms with E-state index in [1.807, 2.05) is 0 Å². The molecule has 0 radical (unpaired) electrons. The lowest BCUT2D eigenvalue weighted by atomic mass is 9.83. The SMILES string of the molecule is C=CC(=O)N1CCC(C(=O)NCC(C)(C)c2cc(F)cc(C(F)(F)F)c2)CC1. The van der Waals surface area contributed by atoms with Crippen molar-refractivity contribution in [3.63, 3.8) is 0 Å². The Morgan fingerprint density at radius 3 is 2.29 bits per heavy atom. The molecule has 2 rings (SSSR count). The number of carbonyl (C=O) groups excluding carboxylic acids is 2. The minimum absolute atomic E-state index is 0.0678. The summed E-state index contributed by atoms with van der Waals surface area (Å²) >= 11 is 0. The molecule has 1 aliphatic heterocycles. The number of hydrogen-bond donors (Lipinski definition) is 1. The van der Waals surface area contributed by atoms with Crippen molar-refractivity contribution < 1.29 is 27.2 Å². The van der Waals surface area contributed by atoms with Gasteiger partial charge in [0.05, 0.1) is 5.56 Å². The molecule has 28 heavy (non-hydrogen) atoms. The Balaban J connectivity index is 2.00. The molecule has 1 heterocycles. The normalized spacial score (nSPS) is 16.0. The largest absolute Gasteiger partial charge is 0.416 e. The second-order valence-corrected chi connectivity index (χ2v) is 7.63. The molecular formula is C20H24F4N2O2. The van der Waals surface area contributed by atoms with E-state index in [0.717, 1.165) is 12.1 Å². The Hall–Kier alpha value is -2.38. The second-order valence-electron chi connectivity index (χ2n) is 7.63. The first-order chi connectivity index (χ1) is 12.9. The van der Waals surface area contributed by atoms with Gasteiger partial charge in [-0.2, -0.15) is 13.2 Å². The Kier molecular flexibility index (Phi) is 6.52. The van der Waals surface area contributed by atoms with Crippen LogP contribution >= 0.6 is 0 Å².